The summed E-state index contributed by atoms with van der Waals surface area (Å²) >= 11 is 0. The number of carboxylic acids is 1. The summed E-state index contributed by atoms with van der Waals surface area (Å²) in [6, 6.07) is 8.83. The van der Waals surface area contributed by atoms with Crippen LogP contribution in [-0.4, -0.2) is 34.5 Å². The Morgan fingerprint density at radius 1 is 1.30 bits per heavy atom. The zero-order chi connectivity index (χ0) is 14.7. The van der Waals surface area contributed by atoms with Crippen LogP contribution >= 0.6 is 0 Å². The summed E-state index contributed by atoms with van der Waals surface area (Å²) in [5, 5.41) is 9.33. The van der Waals surface area contributed by atoms with Crippen molar-refractivity contribution in [2.24, 2.45) is 5.92 Å². The van der Waals surface area contributed by atoms with E-state index in [1.165, 1.54) is 0 Å². The minimum atomic E-state index is -0.898. The minimum Gasteiger partial charge on any atom is -0.480 e. The molecule has 1 amide bonds. The van der Waals surface area contributed by atoms with Crippen LogP contribution in [0.15, 0.2) is 30.3 Å². The molecule has 1 aliphatic heterocycles. The van der Waals surface area contributed by atoms with Crippen LogP contribution in [0.3, 0.4) is 0 Å². The Kier molecular flexibility index (Phi) is 4.42. The quantitative estimate of drug-likeness (QED) is 0.922. The number of rotatable bonds is 3. The number of carbonyl (C=O) groups is 2. The Bertz CT molecular complexity index is 486. The molecule has 20 heavy (non-hydrogen) atoms. The van der Waals surface area contributed by atoms with Gasteiger partial charge in [-0.15, -0.1) is 0 Å². The van der Waals surface area contributed by atoms with E-state index in [4.69, 9.17) is 0 Å². The van der Waals surface area contributed by atoms with Crippen LogP contribution in [0.1, 0.15) is 38.2 Å². The lowest BCUT2D eigenvalue weighted by Crippen LogP contribution is -2.51. The summed E-state index contributed by atoms with van der Waals surface area (Å²) in [4.78, 5) is 25.5. The first-order chi connectivity index (χ1) is 9.50. The van der Waals surface area contributed by atoms with Gasteiger partial charge in [0.15, 0.2) is 0 Å². The standard InChI is InChI=1S/C16H21NO3/c1-11-8-9-17(14(10-11)16(19)20)15(18)12(2)13-6-4-3-5-7-13/h3-7,11-12,14H,8-10H2,1-2H3,(H,19,20)/t11?,12-,14?/m1/s1. The van der Waals surface area contributed by atoms with Crippen LogP contribution < -0.4 is 0 Å². The van der Waals surface area contributed by atoms with Crippen LogP contribution in [0, 0.1) is 5.92 Å². The van der Waals surface area contributed by atoms with Crippen molar-refractivity contribution < 1.29 is 14.7 Å². The minimum absolute atomic E-state index is 0.0875. The van der Waals surface area contributed by atoms with Crippen molar-refractivity contribution in [3.05, 3.63) is 35.9 Å². The molecule has 1 saturated heterocycles. The predicted molar refractivity (Wildman–Crippen MR) is 76.4 cm³/mol. The number of carbonyl (C=O) groups excluding carboxylic acids is 1. The number of likely N-dealkylation sites (tertiary alicyclic amines) is 1. The summed E-state index contributed by atoms with van der Waals surface area (Å²) in [5.74, 6) is -0.931. The van der Waals surface area contributed by atoms with Crippen molar-refractivity contribution in [3.63, 3.8) is 0 Å². The normalized spacial score (nSPS) is 24.2. The molecule has 108 valence electrons. The van der Waals surface area contributed by atoms with Gasteiger partial charge in [0.05, 0.1) is 5.92 Å². The lowest BCUT2D eigenvalue weighted by molar-refractivity contribution is -0.153. The topological polar surface area (TPSA) is 57.6 Å². The lowest BCUT2D eigenvalue weighted by atomic mass is 9.90. The Labute approximate surface area is 119 Å². The zero-order valence-corrected chi connectivity index (χ0v) is 12.0. The molecule has 0 saturated carbocycles. The van der Waals surface area contributed by atoms with E-state index in [0.29, 0.717) is 18.9 Å². The van der Waals surface area contributed by atoms with Gasteiger partial charge in [0, 0.05) is 6.54 Å². The molecule has 2 rings (SSSR count). The predicted octanol–water partition coefficient (Wildman–Crippen LogP) is 2.50. The van der Waals surface area contributed by atoms with Gasteiger partial charge in [-0.1, -0.05) is 37.3 Å². The van der Waals surface area contributed by atoms with E-state index in [1.54, 1.807) is 4.90 Å². The molecule has 1 aliphatic rings. The average molecular weight is 275 g/mol. The SMILES string of the molecule is CC1CCN(C(=O)[C@H](C)c2ccccc2)C(C(=O)O)C1. The second-order valence-corrected chi connectivity index (χ2v) is 5.65. The van der Waals surface area contributed by atoms with Crippen molar-refractivity contribution in [1.82, 2.24) is 4.90 Å². The van der Waals surface area contributed by atoms with Crippen molar-refractivity contribution in [2.75, 3.05) is 6.54 Å². The van der Waals surface area contributed by atoms with Gasteiger partial charge >= 0.3 is 5.97 Å². The first-order valence-corrected chi connectivity index (χ1v) is 7.09. The van der Waals surface area contributed by atoms with Crippen LogP contribution in [0.5, 0.6) is 0 Å². The fourth-order valence-corrected chi connectivity index (χ4v) is 2.77. The first kappa shape index (κ1) is 14.6. The third kappa shape index (κ3) is 3.00. The van der Waals surface area contributed by atoms with Crippen LogP contribution in [0.25, 0.3) is 0 Å². The van der Waals surface area contributed by atoms with E-state index in [1.807, 2.05) is 44.2 Å². The summed E-state index contributed by atoms with van der Waals surface area (Å²) < 4.78 is 0. The molecule has 0 aromatic heterocycles. The Balaban J connectivity index is 2.16. The Morgan fingerprint density at radius 2 is 1.95 bits per heavy atom. The molecule has 2 unspecified atom stereocenters. The summed E-state index contributed by atoms with van der Waals surface area (Å²) in [5.41, 5.74) is 0.931. The van der Waals surface area contributed by atoms with Crippen molar-refractivity contribution >= 4 is 11.9 Å². The highest BCUT2D eigenvalue weighted by atomic mass is 16.4. The number of nitrogens with zero attached hydrogens (tertiary/aromatic N) is 1. The van der Waals surface area contributed by atoms with Crippen molar-refractivity contribution in [2.45, 2.75) is 38.6 Å². The summed E-state index contributed by atoms with van der Waals surface area (Å²) in [6.45, 7) is 4.42. The smallest absolute Gasteiger partial charge is 0.326 e. The van der Waals surface area contributed by atoms with E-state index in [0.717, 1.165) is 12.0 Å². The number of hydrogen-bond acceptors (Lipinski definition) is 2. The lowest BCUT2D eigenvalue weighted by Gasteiger charge is -2.37. The Morgan fingerprint density at radius 3 is 2.55 bits per heavy atom. The molecule has 4 nitrogen and oxygen atoms in total. The number of carboxylic acid groups (broad SMARTS) is 1. The fraction of sp³-hybridized carbons (Fsp3) is 0.500. The van der Waals surface area contributed by atoms with E-state index >= 15 is 0 Å². The van der Waals surface area contributed by atoms with Gasteiger partial charge in [0.2, 0.25) is 5.91 Å². The highest BCUT2D eigenvalue weighted by molar-refractivity contribution is 5.88. The van der Waals surface area contributed by atoms with Crippen LogP contribution in [-0.2, 0) is 9.59 Å². The molecule has 1 aromatic rings. The van der Waals surface area contributed by atoms with Gasteiger partial charge in [-0.05, 0) is 31.2 Å². The third-order valence-electron chi connectivity index (χ3n) is 4.10. The highest BCUT2D eigenvalue weighted by Crippen LogP contribution is 2.27. The van der Waals surface area contributed by atoms with E-state index < -0.39 is 12.0 Å². The number of amides is 1. The second kappa shape index (κ2) is 6.07. The van der Waals surface area contributed by atoms with Gasteiger partial charge in [0.25, 0.3) is 0 Å². The number of aliphatic carboxylic acids is 1. The highest BCUT2D eigenvalue weighted by Gasteiger charge is 2.36. The maximum absolute atomic E-state index is 12.6. The molecular formula is C16H21NO3. The molecule has 0 bridgehead atoms. The number of hydrogen-bond donors (Lipinski definition) is 1. The molecule has 0 aliphatic carbocycles. The molecule has 0 radical (unpaired) electrons. The monoisotopic (exact) mass is 275 g/mol. The molecule has 0 spiro atoms. The van der Waals surface area contributed by atoms with Gasteiger partial charge in [-0.3, -0.25) is 4.79 Å². The molecule has 3 atom stereocenters. The van der Waals surface area contributed by atoms with Crippen LogP contribution in [0.4, 0.5) is 0 Å². The molecular weight excluding hydrogens is 254 g/mol. The summed E-state index contributed by atoms with van der Waals surface area (Å²) in [7, 11) is 0. The van der Waals surface area contributed by atoms with E-state index in [2.05, 4.69) is 0 Å². The molecule has 4 heteroatoms. The molecule has 1 fully saturated rings. The maximum atomic E-state index is 12.6. The molecule has 1 N–H and O–H groups in total. The second-order valence-electron chi connectivity index (χ2n) is 5.65. The third-order valence-corrected chi connectivity index (χ3v) is 4.10. The molecule has 1 heterocycles. The summed E-state index contributed by atoms with van der Waals surface area (Å²) in [6.07, 6.45) is 1.42. The molecule has 1 aromatic carbocycles. The van der Waals surface area contributed by atoms with Gasteiger partial charge < -0.3 is 10.0 Å². The largest absolute Gasteiger partial charge is 0.480 e. The van der Waals surface area contributed by atoms with E-state index in [9.17, 15) is 14.7 Å². The number of benzene rings is 1. The van der Waals surface area contributed by atoms with Crippen LogP contribution in [0.2, 0.25) is 0 Å². The Hall–Kier alpha value is -1.84. The maximum Gasteiger partial charge on any atom is 0.326 e. The average Bonchev–Trinajstić information content (AvgIpc) is 2.46. The van der Waals surface area contributed by atoms with Crippen molar-refractivity contribution in [3.8, 4) is 0 Å². The van der Waals surface area contributed by atoms with Gasteiger partial charge in [-0.25, -0.2) is 4.79 Å². The van der Waals surface area contributed by atoms with E-state index in [-0.39, 0.29) is 11.8 Å². The first-order valence-electron chi connectivity index (χ1n) is 7.09. The van der Waals surface area contributed by atoms with Gasteiger partial charge in [-0.2, -0.15) is 0 Å². The fourth-order valence-electron chi connectivity index (χ4n) is 2.77. The number of piperidine rings is 1. The zero-order valence-electron chi connectivity index (χ0n) is 12.0. The van der Waals surface area contributed by atoms with Gasteiger partial charge in [0.1, 0.15) is 6.04 Å². The van der Waals surface area contributed by atoms with Crippen molar-refractivity contribution in [1.29, 1.82) is 0 Å².